The number of aliphatic hydroxyl groups is 2. The number of carbonyl (C=O) groups is 1. The van der Waals surface area contributed by atoms with E-state index in [1.807, 2.05) is 13.0 Å². The lowest BCUT2D eigenvalue weighted by Crippen LogP contribution is -2.43. The second-order valence-electron chi connectivity index (χ2n) is 10.4. The Labute approximate surface area is 236 Å². The fraction of sp³-hybridized carbons (Fsp3) is 0.333. The lowest BCUT2D eigenvalue weighted by Gasteiger charge is -2.29. The number of methoxy groups -OCH3 is 1. The molecular weight excluding hydrogens is 535 g/mol. The minimum absolute atomic E-state index is 0.101. The van der Waals surface area contributed by atoms with Crippen LogP contribution < -0.4 is 10.1 Å². The minimum atomic E-state index is -1.49. The SMILES string of the molecule is COc1cc(C(=O)NCC(O)(c2cc(CC(C)O)c(Cl)c(-c3ccc(F)cc3)n2)C2CC2)cc2cc(C)nnc12. The van der Waals surface area contributed by atoms with Crippen molar-refractivity contribution in [3.8, 4) is 17.0 Å². The zero-order valence-corrected chi connectivity index (χ0v) is 23.2. The molecule has 0 aliphatic heterocycles. The van der Waals surface area contributed by atoms with Crippen molar-refractivity contribution in [3.63, 3.8) is 0 Å². The van der Waals surface area contributed by atoms with Crippen molar-refractivity contribution in [1.82, 2.24) is 20.5 Å². The van der Waals surface area contributed by atoms with Crippen LogP contribution in [-0.2, 0) is 12.0 Å². The Hall–Kier alpha value is -3.66. The molecule has 2 aromatic carbocycles. The number of rotatable bonds is 9. The number of aliphatic hydroxyl groups excluding tert-OH is 1. The van der Waals surface area contributed by atoms with Crippen molar-refractivity contribution in [2.24, 2.45) is 5.92 Å². The van der Waals surface area contributed by atoms with Crippen LogP contribution in [-0.4, -0.2) is 51.1 Å². The number of ether oxygens (including phenoxy) is 1. The number of hydrogen-bond donors (Lipinski definition) is 3. The van der Waals surface area contributed by atoms with Gasteiger partial charge < -0.3 is 20.3 Å². The predicted octanol–water partition coefficient (Wildman–Crippen LogP) is 4.75. The van der Waals surface area contributed by atoms with Gasteiger partial charge in [-0.05, 0) is 93.1 Å². The van der Waals surface area contributed by atoms with Gasteiger partial charge in [-0.15, -0.1) is 5.10 Å². The Kier molecular flexibility index (Phi) is 7.72. The smallest absolute Gasteiger partial charge is 0.251 e. The zero-order chi connectivity index (χ0) is 28.6. The van der Waals surface area contributed by atoms with E-state index in [9.17, 15) is 19.4 Å². The number of pyridine rings is 1. The van der Waals surface area contributed by atoms with Crippen LogP contribution in [0.15, 0.2) is 48.5 Å². The number of benzene rings is 2. The highest BCUT2D eigenvalue weighted by Gasteiger charge is 2.47. The van der Waals surface area contributed by atoms with E-state index >= 15 is 0 Å². The summed E-state index contributed by atoms with van der Waals surface area (Å²) in [7, 11) is 1.50. The van der Waals surface area contributed by atoms with Crippen molar-refractivity contribution >= 4 is 28.4 Å². The maximum absolute atomic E-state index is 13.6. The first-order chi connectivity index (χ1) is 19.1. The molecule has 4 aromatic rings. The Morgan fingerprint density at radius 2 is 1.93 bits per heavy atom. The summed E-state index contributed by atoms with van der Waals surface area (Å²) < 4.78 is 19.1. The zero-order valence-electron chi connectivity index (χ0n) is 22.4. The monoisotopic (exact) mass is 564 g/mol. The first-order valence-electron chi connectivity index (χ1n) is 13.1. The summed E-state index contributed by atoms with van der Waals surface area (Å²) in [6, 6.07) is 12.6. The summed E-state index contributed by atoms with van der Waals surface area (Å²) >= 11 is 6.70. The Balaban J connectivity index is 1.50. The molecule has 40 heavy (non-hydrogen) atoms. The lowest BCUT2D eigenvalue weighted by molar-refractivity contribution is 0.00948. The Bertz CT molecular complexity index is 1580. The van der Waals surface area contributed by atoms with Gasteiger partial charge in [0.15, 0.2) is 0 Å². The topological polar surface area (TPSA) is 117 Å². The largest absolute Gasteiger partial charge is 0.494 e. The summed E-state index contributed by atoms with van der Waals surface area (Å²) in [6.45, 7) is 3.36. The first-order valence-corrected chi connectivity index (χ1v) is 13.4. The summed E-state index contributed by atoms with van der Waals surface area (Å²) in [4.78, 5) is 18.1. The summed E-state index contributed by atoms with van der Waals surface area (Å²) in [5.41, 5.74) is 1.97. The fourth-order valence-corrected chi connectivity index (χ4v) is 5.19. The molecule has 3 N–H and O–H groups in total. The van der Waals surface area contributed by atoms with Crippen LogP contribution in [0, 0.1) is 18.7 Å². The van der Waals surface area contributed by atoms with E-state index in [0.29, 0.717) is 55.4 Å². The number of aryl methyl sites for hydroxylation is 1. The molecule has 2 unspecified atom stereocenters. The summed E-state index contributed by atoms with van der Waals surface area (Å²) in [5, 5.41) is 34.3. The van der Waals surface area contributed by atoms with Crippen LogP contribution in [0.1, 0.15) is 47.1 Å². The third-order valence-corrected chi connectivity index (χ3v) is 7.56. The van der Waals surface area contributed by atoms with E-state index in [0.717, 1.165) is 12.8 Å². The first kappa shape index (κ1) is 27.9. The van der Waals surface area contributed by atoms with Crippen LogP contribution in [0.3, 0.4) is 0 Å². The van der Waals surface area contributed by atoms with Crippen molar-refractivity contribution in [2.45, 2.75) is 44.8 Å². The van der Waals surface area contributed by atoms with E-state index in [-0.39, 0.29) is 18.9 Å². The molecule has 2 heterocycles. The van der Waals surface area contributed by atoms with E-state index in [2.05, 4.69) is 15.5 Å². The number of fused-ring (bicyclic) bond motifs is 1. The van der Waals surface area contributed by atoms with Gasteiger partial charge in [-0.25, -0.2) is 9.37 Å². The number of amides is 1. The average molecular weight is 565 g/mol. The van der Waals surface area contributed by atoms with Gasteiger partial charge in [-0.2, -0.15) is 5.10 Å². The van der Waals surface area contributed by atoms with Crippen LogP contribution in [0.4, 0.5) is 4.39 Å². The van der Waals surface area contributed by atoms with Crippen molar-refractivity contribution < 1.29 is 24.1 Å². The van der Waals surface area contributed by atoms with E-state index in [1.54, 1.807) is 37.3 Å². The van der Waals surface area contributed by atoms with Gasteiger partial charge in [0.05, 0.1) is 41.9 Å². The van der Waals surface area contributed by atoms with Gasteiger partial charge in [0.2, 0.25) is 0 Å². The second kappa shape index (κ2) is 11.1. The third kappa shape index (κ3) is 5.63. The highest BCUT2D eigenvalue weighted by atomic mass is 35.5. The molecule has 1 aliphatic carbocycles. The second-order valence-corrected chi connectivity index (χ2v) is 10.8. The van der Waals surface area contributed by atoms with Crippen molar-refractivity contribution in [2.75, 3.05) is 13.7 Å². The molecule has 1 saturated carbocycles. The third-order valence-electron chi connectivity index (χ3n) is 7.14. The van der Waals surface area contributed by atoms with Gasteiger partial charge in [-0.1, -0.05) is 11.6 Å². The molecule has 0 spiro atoms. The van der Waals surface area contributed by atoms with Gasteiger partial charge >= 0.3 is 0 Å². The number of nitrogens with one attached hydrogen (secondary N) is 1. The molecule has 1 amide bonds. The Morgan fingerprint density at radius 3 is 2.58 bits per heavy atom. The molecule has 2 aromatic heterocycles. The molecule has 0 radical (unpaired) electrons. The highest BCUT2D eigenvalue weighted by molar-refractivity contribution is 6.33. The number of nitrogens with zero attached hydrogens (tertiary/aromatic N) is 3. The van der Waals surface area contributed by atoms with Gasteiger partial charge in [0, 0.05) is 16.5 Å². The molecule has 0 bridgehead atoms. The maximum atomic E-state index is 13.6. The number of halogens is 2. The van der Waals surface area contributed by atoms with Crippen LogP contribution in [0.25, 0.3) is 22.2 Å². The van der Waals surface area contributed by atoms with Crippen molar-refractivity contribution in [3.05, 3.63) is 81.9 Å². The van der Waals surface area contributed by atoms with Gasteiger partial charge in [0.1, 0.15) is 22.7 Å². The van der Waals surface area contributed by atoms with Crippen molar-refractivity contribution in [1.29, 1.82) is 0 Å². The summed E-state index contributed by atoms with van der Waals surface area (Å²) in [6.07, 6.45) is 1.06. The van der Waals surface area contributed by atoms with E-state index in [1.165, 1.54) is 19.2 Å². The maximum Gasteiger partial charge on any atom is 0.251 e. The normalized spacial score (nSPS) is 15.5. The molecule has 1 aliphatic rings. The van der Waals surface area contributed by atoms with Crippen LogP contribution in [0.2, 0.25) is 5.02 Å². The molecule has 10 heteroatoms. The van der Waals surface area contributed by atoms with E-state index in [4.69, 9.17) is 21.3 Å². The van der Waals surface area contributed by atoms with Crippen LogP contribution in [0.5, 0.6) is 5.75 Å². The molecule has 8 nitrogen and oxygen atoms in total. The fourth-order valence-electron chi connectivity index (χ4n) is 4.91. The Morgan fingerprint density at radius 1 is 1.20 bits per heavy atom. The predicted molar refractivity (Wildman–Crippen MR) is 150 cm³/mol. The molecule has 5 rings (SSSR count). The highest BCUT2D eigenvalue weighted by Crippen LogP contribution is 2.46. The standard InChI is InChI=1S/C30H30ClFN4O4/c1-16-10-20-12-21(13-24(40-3)27(20)36-35-16)29(38)33-15-30(39,22-6-7-22)25-14-19(11-17(2)37)26(31)28(34-25)18-4-8-23(32)9-5-18/h4-5,8-10,12-14,17,22,37,39H,6-7,11,15H2,1-3H3,(H,33,38). The number of hydrogen-bond acceptors (Lipinski definition) is 7. The molecule has 2 atom stereocenters. The molecule has 208 valence electrons. The van der Waals surface area contributed by atoms with Gasteiger partial charge in [-0.3, -0.25) is 4.79 Å². The average Bonchev–Trinajstić information content (AvgIpc) is 3.78. The molecular formula is C30H30ClFN4O4. The van der Waals surface area contributed by atoms with Gasteiger partial charge in [0.25, 0.3) is 5.91 Å². The molecule has 1 fully saturated rings. The molecule has 0 saturated heterocycles. The number of aromatic nitrogens is 3. The summed E-state index contributed by atoms with van der Waals surface area (Å²) in [5.74, 6) is -0.514. The minimum Gasteiger partial charge on any atom is -0.494 e. The quantitative estimate of drug-likeness (QED) is 0.268. The number of carbonyl (C=O) groups excluding carboxylic acids is 1. The van der Waals surface area contributed by atoms with Crippen LogP contribution >= 0.6 is 11.6 Å². The van der Waals surface area contributed by atoms with E-state index < -0.39 is 23.4 Å². The lowest BCUT2D eigenvalue weighted by atomic mass is 9.90.